The highest BCUT2D eigenvalue weighted by atomic mass is 16.5. The third-order valence-electron chi connectivity index (χ3n) is 3.85. The average Bonchev–Trinajstić information content (AvgIpc) is 2.83. The van der Waals surface area contributed by atoms with Gasteiger partial charge in [0.05, 0.1) is 18.4 Å². The number of rotatable bonds is 4. The van der Waals surface area contributed by atoms with Crippen molar-refractivity contribution in [1.29, 1.82) is 0 Å². The first kappa shape index (κ1) is 14.6. The molecule has 20 heavy (non-hydrogen) atoms. The number of aliphatic carboxylic acids is 1. The predicted octanol–water partition coefficient (Wildman–Crippen LogP) is 1.83. The van der Waals surface area contributed by atoms with Gasteiger partial charge in [-0.15, -0.1) is 0 Å². The van der Waals surface area contributed by atoms with Crippen LogP contribution in [0, 0.1) is 18.8 Å². The molecule has 1 aliphatic rings. The molecule has 0 bridgehead atoms. The van der Waals surface area contributed by atoms with Gasteiger partial charge in [-0.05, 0) is 19.8 Å². The molecule has 1 aromatic rings. The zero-order chi connectivity index (χ0) is 14.7. The molecule has 2 atom stereocenters. The van der Waals surface area contributed by atoms with Crippen LogP contribution in [0.4, 0.5) is 0 Å². The molecule has 6 heteroatoms. The summed E-state index contributed by atoms with van der Waals surface area (Å²) in [7, 11) is 1.68. The maximum absolute atomic E-state index is 12.4. The van der Waals surface area contributed by atoms with Gasteiger partial charge in [-0.1, -0.05) is 18.0 Å². The first-order valence-corrected chi connectivity index (χ1v) is 6.89. The lowest BCUT2D eigenvalue weighted by Crippen LogP contribution is -2.40. The highest BCUT2D eigenvalue weighted by molar-refractivity contribution is 5.84. The number of aromatic nitrogens is 1. The SMILES string of the molecule is Cc1cc(CN(C)C(=O)C2CCCCC2C(=O)O)no1. The lowest BCUT2D eigenvalue weighted by molar-refractivity contribution is -0.152. The summed E-state index contributed by atoms with van der Waals surface area (Å²) in [4.78, 5) is 25.2. The third-order valence-corrected chi connectivity index (χ3v) is 3.85. The summed E-state index contributed by atoms with van der Waals surface area (Å²) in [5.74, 6) is -1.26. The number of aryl methyl sites for hydroxylation is 1. The van der Waals surface area contributed by atoms with E-state index in [0.717, 1.165) is 12.8 Å². The van der Waals surface area contributed by atoms with E-state index < -0.39 is 17.8 Å². The van der Waals surface area contributed by atoms with Crippen LogP contribution in [0.1, 0.15) is 37.1 Å². The summed E-state index contributed by atoms with van der Waals surface area (Å²) >= 11 is 0. The Balaban J connectivity index is 2.02. The van der Waals surface area contributed by atoms with Crippen LogP contribution in [0.3, 0.4) is 0 Å². The number of carbonyl (C=O) groups is 2. The van der Waals surface area contributed by atoms with Gasteiger partial charge in [0.2, 0.25) is 5.91 Å². The molecule has 0 radical (unpaired) electrons. The Morgan fingerprint density at radius 1 is 1.40 bits per heavy atom. The molecule has 6 nitrogen and oxygen atoms in total. The van der Waals surface area contributed by atoms with E-state index in [2.05, 4.69) is 5.16 Å². The molecule has 0 aliphatic heterocycles. The number of hydrogen-bond acceptors (Lipinski definition) is 4. The minimum atomic E-state index is -0.867. The van der Waals surface area contributed by atoms with E-state index in [1.807, 2.05) is 0 Å². The zero-order valence-electron chi connectivity index (χ0n) is 11.8. The Morgan fingerprint density at radius 2 is 2.05 bits per heavy atom. The summed E-state index contributed by atoms with van der Waals surface area (Å²) < 4.78 is 4.97. The van der Waals surface area contributed by atoms with Crippen LogP contribution >= 0.6 is 0 Å². The van der Waals surface area contributed by atoms with Crippen LogP contribution in [0.5, 0.6) is 0 Å². The Morgan fingerprint density at radius 3 is 2.60 bits per heavy atom. The maximum atomic E-state index is 12.4. The number of nitrogens with zero attached hydrogens (tertiary/aromatic N) is 2. The standard InChI is InChI=1S/C14H20N2O4/c1-9-7-10(15-20-9)8-16(2)13(17)11-5-3-4-6-12(11)14(18)19/h7,11-12H,3-6,8H2,1-2H3,(H,18,19). The summed E-state index contributed by atoms with van der Waals surface area (Å²) in [5.41, 5.74) is 0.682. The number of hydrogen-bond donors (Lipinski definition) is 1. The molecule has 1 aliphatic carbocycles. The molecule has 1 fully saturated rings. The zero-order valence-corrected chi connectivity index (χ0v) is 11.8. The van der Waals surface area contributed by atoms with Gasteiger partial charge in [0, 0.05) is 13.1 Å². The van der Waals surface area contributed by atoms with Crippen molar-refractivity contribution in [1.82, 2.24) is 10.1 Å². The normalized spacial score (nSPS) is 22.5. The molecule has 0 aromatic carbocycles. The first-order chi connectivity index (χ1) is 9.49. The second-order valence-electron chi connectivity index (χ2n) is 5.46. The second-order valence-corrected chi connectivity index (χ2v) is 5.46. The van der Waals surface area contributed by atoms with Crippen molar-refractivity contribution in [3.05, 3.63) is 17.5 Å². The van der Waals surface area contributed by atoms with Crippen molar-refractivity contribution in [3.8, 4) is 0 Å². The molecule has 0 saturated heterocycles. The molecule has 1 amide bonds. The monoisotopic (exact) mass is 280 g/mol. The Labute approximate surface area is 117 Å². The minimum absolute atomic E-state index is 0.113. The summed E-state index contributed by atoms with van der Waals surface area (Å²) in [6.45, 7) is 2.14. The molecule has 1 N–H and O–H groups in total. The second kappa shape index (κ2) is 6.07. The lowest BCUT2D eigenvalue weighted by atomic mass is 9.78. The fourth-order valence-corrected chi connectivity index (χ4v) is 2.82. The van der Waals surface area contributed by atoms with Crippen LogP contribution in [-0.2, 0) is 16.1 Å². The van der Waals surface area contributed by atoms with Crippen molar-refractivity contribution in [2.75, 3.05) is 7.05 Å². The van der Waals surface area contributed by atoms with Crippen LogP contribution < -0.4 is 0 Å². The Kier molecular flexibility index (Phi) is 4.42. The fraction of sp³-hybridized carbons (Fsp3) is 0.643. The van der Waals surface area contributed by atoms with Crippen molar-refractivity contribution in [2.24, 2.45) is 11.8 Å². The Hall–Kier alpha value is -1.85. The predicted molar refractivity (Wildman–Crippen MR) is 70.8 cm³/mol. The van der Waals surface area contributed by atoms with Crippen molar-refractivity contribution >= 4 is 11.9 Å². The fourth-order valence-electron chi connectivity index (χ4n) is 2.82. The van der Waals surface area contributed by atoms with E-state index in [9.17, 15) is 14.7 Å². The van der Waals surface area contributed by atoms with Crippen LogP contribution in [-0.4, -0.2) is 34.1 Å². The average molecular weight is 280 g/mol. The molecule has 0 spiro atoms. The molecule has 1 heterocycles. The number of carbonyl (C=O) groups excluding carboxylic acids is 1. The van der Waals surface area contributed by atoms with E-state index in [-0.39, 0.29) is 5.91 Å². The largest absolute Gasteiger partial charge is 0.481 e. The summed E-state index contributed by atoms with van der Waals surface area (Å²) in [6.07, 6.45) is 3.03. The van der Waals surface area contributed by atoms with E-state index in [0.29, 0.717) is 30.8 Å². The van der Waals surface area contributed by atoms with Gasteiger partial charge in [-0.25, -0.2) is 0 Å². The van der Waals surface area contributed by atoms with Gasteiger partial charge < -0.3 is 14.5 Å². The summed E-state index contributed by atoms with van der Waals surface area (Å²) in [5, 5.41) is 13.1. The molecular formula is C14H20N2O4. The van der Waals surface area contributed by atoms with Crippen LogP contribution in [0.2, 0.25) is 0 Å². The van der Waals surface area contributed by atoms with E-state index in [1.165, 1.54) is 0 Å². The quantitative estimate of drug-likeness (QED) is 0.909. The number of amides is 1. The van der Waals surface area contributed by atoms with Gasteiger partial charge in [0.15, 0.2) is 0 Å². The van der Waals surface area contributed by atoms with Crippen LogP contribution in [0.25, 0.3) is 0 Å². The highest BCUT2D eigenvalue weighted by Gasteiger charge is 2.37. The van der Waals surface area contributed by atoms with Crippen molar-refractivity contribution in [3.63, 3.8) is 0 Å². The van der Waals surface area contributed by atoms with Crippen molar-refractivity contribution in [2.45, 2.75) is 39.2 Å². The maximum Gasteiger partial charge on any atom is 0.307 e. The van der Waals surface area contributed by atoms with E-state index in [1.54, 1.807) is 24.9 Å². The van der Waals surface area contributed by atoms with Gasteiger partial charge in [-0.3, -0.25) is 9.59 Å². The van der Waals surface area contributed by atoms with Gasteiger partial charge in [0.1, 0.15) is 11.5 Å². The lowest BCUT2D eigenvalue weighted by Gasteiger charge is -2.30. The molecule has 1 saturated carbocycles. The van der Waals surface area contributed by atoms with E-state index in [4.69, 9.17) is 4.52 Å². The van der Waals surface area contributed by atoms with Gasteiger partial charge >= 0.3 is 5.97 Å². The minimum Gasteiger partial charge on any atom is -0.481 e. The van der Waals surface area contributed by atoms with Crippen molar-refractivity contribution < 1.29 is 19.2 Å². The third kappa shape index (κ3) is 3.18. The topological polar surface area (TPSA) is 83.6 Å². The van der Waals surface area contributed by atoms with Gasteiger partial charge in [0.25, 0.3) is 0 Å². The van der Waals surface area contributed by atoms with Gasteiger partial charge in [-0.2, -0.15) is 0 Å². The smallest absolute Gasteiger partial charge is 0.307 e. The molecule has 1 aromatic heterocycles. The molecule has 110 valence electrons. The molecule has 2 rings (SSSR count). The van der Waals surface area contributed by atoms with E-state index >= 15 is 0 Å². The first-order valence-electron chi connectivity index (χ1n) is 6.89. The molecule has 2 unspecified atom stereocenters. The van der Waals surface area contributed by atoms with Crippen LogP contribution in [0.15, 0.2) is 10.6 Å². The summed E-state index contributed by atoms with van der Waals surface area (Å²) in [6, 6.07) is 1.78. The Bertz CT molecular complexity index is 497. The highest BCUT2D eigenvalue weighted by Crippen LogP contribution is 2.31. The molecular weight excluding hydrogens is 260 g/mol. The number of carboxylic acid groups (broad SMARTS) is 1. The number of carboxylic acids is 1.